The predicted octanol–water partition coefficient (Wildman–Crippen LogP) is 5.24. The minimum Gasteiger partial charge on any atom is -0.334 e. The van der Waals surface area contributed by atoms with Crippen molar-refractivity contribution in [1.29, 1.82) is 0 Å². The zero-order chi connectivity index (χ0) is 18.8. The predicted molar refractivity (Wildman–Crippen MR) is 115 cm³/mol. The third kappa shape index (κ3) is 3.31. The smallest absolute Gasteiger partial charge is 0.269 e. The van der Waals surface area contributed by atoms with Gasteiger partial charge in [-0.25, -0.2) is 4.99 Å². The molecule has 2 heterocycles. The second-order valence-corrected chi connectivity index (χ2v) is 7.99. The molecule has 4 rings (SSSR count). The van der Waals surface area contributed by atoms with E-state index in [0.717, 1.165) is 27.9 Å². The molecule has 0 N–H and O–H groups in total. The van der Waals surface area contributed by atoms with Crippen LogP contribution in [0.4, 0.5) is 11.4 Å². The van der Waals surface area contributed by atoms with Crippen molar-refractivity contribution in [2.75, 3.05) is 18.0 Å². The molecule has 6 heteroatoms. The number of carbonyl (C=O) groups excluding carboxylic acids is 1. The maximum absolute atomic E-state index is 13.2. The first-order chi connectivity index (χ1) is 13.2. The standard InChI is InChI=1S/C21H19N3OS2/c1-3-14-24-19(25)18(27-21(24)22-15-10-6-5-7-11-15)20-23(4-2)16-12-8-9-13-17(16)26-20/h3,5-13H,1,4,14H2,2H3. The van der Waals surface area contributed by atoms with Crippen molar-refractivity contribution in [1.82, 2.24) is 4.90 Å². The Hall–Kier alpha value is -2.44. The van der Waals surface area contributed by atoms with Gasteiger partial charge in [-0.1, -0.05) is 48.2 Å². The minimum atomic E-state index is -0.0108. The number of carbonyl (C=O) groups is 1. The molecule has 0 bridgehead atoms. The maximum Gasteiger partial charge on any atom is 0.269 e. The number of hydrogen-bond acceptors (Lipinski definition) is 5. The van der Waals surface area contributed by atoms with Gasteiger partial charge in [-0.15, -0.1) is 6.58 Å². The van der Waals surface area contributed by atoms with Crippen molar-refractivity contribution in [2.45, 2.75) is 11.8 Å². The van der Waals surface area contributed by atoms with Gasteiger partial charge in [0.15, 0.2) is 5.17 Å². The summed E-state index contributed by atoms with van der Waals surface area (Å²) in [6.07, 6.45) is 1.74. The van der Waals surface area contributed by atoms with Crippen LogP contribution in [0.1, 0.15) is 6.92 Å². The SMILES string of the molecule is C=CCN1C(=O)C(=C2Sc3ccccc3N2CC)SC1=Nc1ccccc1. The zero-order valence-corrected chi connectivity index (χ0v) is 16.6. The van der Waals surface area contributed by atoms with Gasteiger partial charge in [0.2, 0.25) is 0 Å². The molecule has 2 aliphatic rings. The molecule has 0 saturated carbocycles. The average molecular weight is 394 g/mol. The summed E-state index contributed by atoms with van der Waals surface area (Å²) in [6, 6.07) is 18.0. The molecule has 136 valence electrons. The zero-order valence-electron chi connectivity index (χ0n) is 15.0. The van der Waals surface area contributed by atoms with Gasteiger partial charge >= 0.3 is 0 Å². The number of rotatable bonds is 4. The molecule has 1 amide bonds. The molecule has 2 aromatic rings. The van der Waals surface area contributed by atoms with Crippen LogP contribution in [0.5, 0.6) is 0 Å². The minimum absolute atomic E-state index is 0.0108. The van der Waals surface area contributed by atoms with Crippen LogP contribution in [0.3, 0.4) is 0 Å². The highest BCUT2D eigenvalue weighted by Gasteiger charge is 2.39. The normalized spacial score (nSPS) is 20.5. The van der Waals surface area contributed by atoms with Crippen LogP contribution in [-0.2, 0) is 4.79 Å². The van der Waals surface area contributed by atoms with E-state index in [-0.39, 0.29) is 5.91 Å². The first-order valence-electron chi connectivity index (χ1n) is 8.76. The molecule has 27 heavy (non-hydrogen) atoms. The highest BCUT2D eigenvalue weighted by Crippen LogP contribution is 2.50. The summed E-state index contributed by atoms with van der Waals surface area (Å²) in [5.74, 6) is -0.0108. The summed E-state index contributed by atoms with van der Waals surface area (Å²) in [5.41, 5.74) is 1.99. The molecule has 0 spiro atoms. The topological polar surface area (TPSA) is 35.9 Å². The molecule has 4 nitrogen and oxygen atoms in total. The number of amidine groups is 1. The Kier molecular flexibility index (Phi) is 5.09. The van der Waals surface area contributed by atoms with Crippen molar-refractivity contribution < 1.29 is 4.79 Å². The lowest BCUT2D eigenvalue weighted by Gasteiger charge is -2.19. The molecule has 2 aliphatic heterocycles. The van der Waals surface area contributed by atoms with Crippen molar-refractivity contribution >= 4 is 46.0 Å². The number of aliphatic imine (C=N–C) groups is 1. The number of thioether (sulfide) groups is 2. The van der Waals surface area contributed by atoms with Crippen LogP contribution >= 0.6 is 23.5 Å². The molecule has 0 radical (unpaired) electrons. The van der Waals surface area contributed by atoms with E-state index in [1.807, 2.05) is 42.5 Å². The largest absolute Gasteiger partial charge is 0.334 e. The van der Waals surface area contributed by atoms with Crippen LogP contribution in [0.25, 0.3) is 0 Å². The van der Waals surface area contributed by atoms with E-state index in [0.29, 0.717) is 11.7 Å². The summed E-state index contributed by atoms with van der Waals surface area (Å²) in [5, 5.41) is 1.68. The van der Waals surface area contributed by atoms with E-state index in [9.17, 15) is 4.79 Å². The number of nitrogens with zero attached hydrogens (tertiary/aromatic N) is 3. The fraction of sp³-hybridized carbons (Fsp3) is 0.143. The van der Waals surface area contributed by atoms with Gasteiger partial charge in [0.05, 0.1) is 11.4 Å². The number of para-hydroxylation sites is 2. The lowest BCUT2D eigenvalue weighted by atomic mass is 10.3. The Labute approximate surface area is 167 Å². The maximum atomic E-state index is 13.2. The van der Waals surface area contributed by atoms with E-state index in [2.05, 4.69) is 30.5 Å². The van der Waals surface area contributed by atoms with Gasteiger partial charge < -0.3 is 4.90 Å². The summed E-state index contributed by atoms with van der Waals surface area (Å²) >= 11 is 3.10. The fourth-order valence-corrected chi connectivity index (χ4v) is 5.44. The van der Waals surface area contributed by atoms with Crippen molar-refractivity contribution in [3.05, 3.63) is 77.2 Å². The van der Waals surface area contributed by atoms with Crippen molar-refractivity contribution in [3.8, 4) is 0 Å². The van der Waals surface area contributed by atoms with E-state index < -0.39 is 0 Å². The molecule has 1 fully saturated rings. The van der Waals surface area contributed by atoms with E-state index in [4.69, 9.17) is 4.99 Å². The van der Waals surface area contributed by atoms with Crippen LogP contribution in [0.15, 0.2) is 87.1 Å². The molecule has 1 saturated heterocycles. The molecular weight excluding hydrogens is 374 g/mol. The van der Waals surface area contributed by atoms with Crippen molar-refractivity contribution in [2.24, 2.45) is 4.99 Å². The molecule has 0 unspecified atom stereocenters. The third-order valence-electron chi connectivity index (χ3n) is 4.27. The Balaban J connectivity index is 1.76. The van der Waals surface area contributed by atoms with Gasteiger partial charge in [-0.3, -0.25) is 9.69 Å². The van der Waals surface area contributed by atoms with E-state index in [1.165, 1.54) is 16.7 Å². The highest BCUT2D eigenvalue weighted by atomic mass is 32.2. The summed E-state index contributed by atoms with van der Waals surface area (Å²) in [7, 11) is 0. The Bertz CT molecular complexity index is 953. The highest BCUT2D eigenvalue weighted by molar-refractivity contribution is 8.19. The summed E-state index contributed by atoms with van der Waals surface area (Å²) in [6.45, 7) is 7.15. The average Bonchev–Trinajstić information content (AvgIpc) is 3.21. The van der Waals surface area contributed by atoms with Crippen LogP contribution in [-0.4, -0.2) is 29.1 Å². The fourth-order valence-electron chi connectivity index (χ4n) is 3.04. The van der Waals surface area contributed by atoms with Gasteiger partial charge in [0.25, 0.3) is 5.91 Å². The second kappa shape index (κ2) is 7.66. The summed E-state index contributed by atoms with van der Waals surface area (Å²) in [4.78, 5) is 23.7. The molecular formula is C21H19N3OS2. The van der Waals surface area contributed by atoms with Crippen LogP contribution in [0, 0.1) is 0 Å². The van der Waals surface area contributed by atoms with Gasteiger partial charge in [0, 0.05) is 18.0 Å². The molecule has 2 aromatic carbocycles. The number of benzene rings is 2. The summed E-state index contributed by atoms with van der Waals surface area (Å²) < 4.78 is 0. The monoisotopic (exact) mass is 393 g/mol. The third-order valence-corrected chi connectivity index (χ3v) is 6.65. The molecule has 0 aromatic heterocycles. The lowest BCUT2D eigenvalue weighted by molar-refractivity contribution is -0.121. The Morgan fingerprint density at radius 1 is 1.04 bits per heavy atom. The second-order valence-electron chi connectivity index (χ2n) is 5.98. The van der Waals surface area contributed by atoms with Crippen molar-refractivity contribution in [3.63, 3.8) is 0 Å². The number of hydrogen-bond donors (Lipinski definition) is 0. The van der Waals surface area contributed by atoms with Crippen LogP contribution < -0.4 is 4.90 Å². The molecule has 0 atom stereocenters. The van der Waals surface area contributed by atoms with E-state index in [1.54, 1.807) is 22.7 Å². The Morgan fingerprint density at radius 2 is 1.78 bits per heavy atom. The van der Waals surface area contributed by atoms with Gasteiger partial charge in [-0.2, -0.15) is 0 Å². The first-order valence-corrected chi connectivity index (χ1v) is 10.4. The van der Waals surface area contributed by atoms with Gasteiger partial charge in [-0.05, 0) is 43.0 Å². The first kappa shape index (κ1) is 17.9. The van der Waals surface area contributed by atoms with Gasteiger partial charge in [0.1, 0.15) is 9.93 Å². The molecule has 0 aliphatic carbocycles. The number of amides is 1. The van der Waals surface area contributed by atoms with Crippen LogP contribution in [0.2, 0.25) is 0 Å². The Morgan fingerprint density at radius 3 is 2.52 bits per heavy atom. The lowest BCUT2D eigenvalue weighted by Crippen LogP contribution is -2.30. The number of fused-ring (bicyclic) bond motifs is 1. The quantitative estimate of drug-likeness (QED) is 0.526. The number of anilines is 1. The van der Waals surface area contributed by atoms with E-state index >= 15 is 0 Å².